The third-order valence-electron chi connectivity index (χ3n) is 4.49. The van der Waals surface area contributed by atoms with E-state index in [2.05, 4.69) is 34.7 Å². The minimum absolute atomic E-state index is 0.542. The first-order valence-corrected chi connectivity index (χ1v) is 7.74. The number of hydrogen-bond donors (Lipinski definition) is 0. The lowest BCUT2D eigenvalue weighted by molar-refractivity contribution is 0.203. The summed E-state index contributed by atoms with van der Waals surface area (Å²) in [7, 11) is 0. The SMILES string of the molecule is Cc1cc(N2CC3CCCN3CC2C)c(CCl)cn1. The van der Waals surface area contributed by atoms with E-state index in [-0.39, 0.29) is 0 Å². The minimum atomic E-state index is 0.542. The number of pyridine rings is 1. The lowest BCUT2D eigenvalue weighted by Crippen LogP contribution is -2.55. The average molecular weight is 280 g/mol. The van der Waals surface area contributed by atoms with Crippen LogP contribution >= 0.6 is 11.6 Å². The van der Waals surface area contributed by atoms with Crippen molar-refractivity contribution in [1.29, 1.82) is 0 Å². The van der Waals surface area contributed by atoms with Gasteiger partial charge in [-0.2, -0.15) is 0 Å². The fourth-order valence-electron chi connectivity index (χ4n) is 3.47. The molecule has 3 rings (SSSR count). The number of aryl methyl sites for hydroxylation is 1. The van der Waals surface area contributed by atoms with E-state index >= 15 is 0 Å². The maximum Gasteiger partial charge on any atom is 0.0509 e. The third kappa shape index (κ3) is 2.46. The fourth-order valence-corrected chi connectivity index (χ4v) is 3.67. The molecule has 104 valence electrons. The lowest BCUT2D eigenvalue weighted by Gasteiger charge is -2.44. The predicted octanol–water partition coefficient (Wildman–Crippen LogP) is 2.80. The van der Waals surface area contributed by atoms with E-state index in [4.69, 9.17) is 11.6 Å². The molecule has 19 heavy (non-hydrogen) atoms. The maximum absolute atomic E-state index is 6.09. The second kappa shape index (κ2) is 5.29. The van der Waals surface area contributed by atoms with Crippen LogP contribution in [0.5, 0.6) is 0 Å². The molecular weight excluding hydrogens is 258 g/mol. The molecule has 1 aromatic rings. The van der Waals surface area contributed by atoms with Gasteiger partial charge in [-0.3, -0.25) is 9.88 Å². The number of nitrogens with zero attached hydrogens (tertiary/aromatic N) is 3. The number of piperazine rings is 1. The Morgan fingerprint density at radius 1 is 1.42 bits per heavy atom. The summed E-state index contributed by atoms with van der Waals surface area (Å²) in [6.45, 7) is 7.96. The number of anilines is 1. The zero-order valence-corrected chi connectivity index (χ0v) is 12.5. The zero-order valence-electron chi connectivity index (χ0n) is 11.8. The smallest absolute Gasteiger partial charge is 0.0509 e. The van der Waals surface area contributed by atoms with Crippen LogP contribution in [0, 0.1) is 6.92 Å². The Kier molecular flexibility index (Phi) is 3.68. The summed E-state index contributed by atoms with van der Waals surface area (Å²) in [5, 5.41) is 0. The highest BCUT2D eigenvalue weighted by Crippen LogP contribution is 2.31. The molecule has 2 atom stereocenters. The fraction of sp³-hybridized carbons (Fsp3) is 0.667. The van der Waals surface area contributed by atoms with Gasteiger partial charge in [0.15, 0.2) is 0 Å². The highest BCUT2D eigenvalue weighted by atomic mass is 35.5. The number of alkyl halides is 1. The molecule has 2 saturated heterocycles. The van der Waals surface area contributed by atoms with Crippen LogP contribution in [0.1, 0.15) is 31.0 Å². The van der Waals surface area contributed by atoms with E-state index in [0.717, 1.165) is 23.8 Å². The number of fused-ring (bicyclic) bond motifs is 1. The molecular formula is C15H22ClN3. The van der Waals surface area contributed by atoms with Gasteiger partial charge in [0, 0.05) is 48.3 Å². The summed E-state index contributed by atoms with van der Waals surface area (Å²) >= 11 is 6.09. The number of hydrogen-bond acceptors (Lipinski definition) is 3. The molecule has 2 fully saturated rings. The molecule has 0 aromatic carbocycles. The topological polar surface area (TPSA) is 19.4 Å². The van der Waals surface area contributed by atoms with Crippen LogP contribution in [0.25, 0.3) is 0 Å². The van der Waals surface area contributed by atoms with Crippen LogP contribution < -0.4 is 4.90 Å². The van der Waals surface area contributed by atoms with Crippen LogP contribution in [0.2, 0.25) is 0 Å². The van der Waals surface area contributed by atoms with Gasteiger partial charge < -0.3 is 4.90 Å². The van der Waals surface area contributed by atoms with Crippen LogP contribution in [0.15, 0.2) is 12.3 Å². The zero-order chi connectivity index (χ0) is 13.4. The summed E-state index contributed by atoms with van der Waals surface area (Å²) in [6.07, 6.45) is 4.62. The molecule has 0 bridgehead atoms. The molecule has 0 radical (unpaired) electrons. The van der Waals surface area contributed by atoms with E-state index in [0.29, 0.717) is 11.9 Å². The quantitative estimate of drug-likeness (QED) is 0.776. The Balaban J connectivity index is 1.90. The van der Waals surface area contributed by atoms with Crippen molar-refractivity contribution in [2.24, 2.45) is 0 Å². The Hall–Kier alpha value is -0.800. The second-order valence-electron chi connectivity index (χ2n) is 5.88. The summed E-state index contributed by atoms with van der Waals surface area (Å²) in [5.74, 6) is 0.542. The number of aromatic nitrogens is 1. The molecule has 2 unspecified atom stereocenters. The van der Waals surface area contributed by atoms with Gasteiger partial charge in [0.1, 0.15) is 0 Å². The third-order valence-corrected chi connectivity index (χ3v) is 4.78. The van der Waals surface area contributed by atoms with Crippen molar-refractivity contribution < 1.29 is 0 Å². The van der Waals surface area contributed by atoms with Gasteiger partial charge in [0.25, 0.3) is 0 Å². The van der Waals surface area contributed by atoms with Crippen molar-refractivity contribution in [3.8, 4) is 0 Å². The van der Waals surface area contributed by atoms with Crippen molar-refractivity contribution in [3.63, 3.8) is 0 Å². The molecule has 0 spiro atoms. The largest absolute Gasteiger partial charge is 0.366 e. The molecule has 3 heterocycles. The normalized spacial score (nSPS) is 27.6. The molecule has 2 aliphatic heterocycles. The number of halogens is 1. The van der Waals surface area contributed by atoms with Gasteiger partial charge in [0.05, 0.1) is 5.88 Å². The van der Waals surface area contributed by atoms with Gasteiger partial charge in [-0.15, -0.1) is 11.6 Å². The van der Waals surface area contributed by atoms with Crippen molar-refractivity contribution in [1.82, 2.24) is 9.88 Å². The Labute approximate surface area is 120 Å². The average Bonchev–Trinajstić information content (AvgIpc) is 2.84. The van der Waals surface area contributed by atoms with Crippen molar-refractivity contribution in [2.45, 2.75) is 44.7 Å². The van der Waals surface area contributed by atoms with Gasteiger partial charge in [-0.25, -0.2) is 0 Å². The van der Waals surface area contributed by atoms with Crippen LogP contribution in [0.3, 0.4) is 0 Å². The molecule has 4 heteroatoms. The molecule has 0 saturated carbocycles. The Morgan fingerprint density at radius 3 is 3.05 bits per heavy atom. The molecule has 1 aromatic heterocycles. The summed E-state index contributed by atoms with van der Waals surface area (Å²) < 4.78 is 0. The molecule has 2 aliphatic rings. The van der Waals surface area contributed by atoms with E-state index in [9.17, 15) is 0 Å². The van der Waals surface area contributed by atoms with Crippen molar-refractivity contribution >= 4 is 17.3 Å². The standard InChI is InChI=1S/C15H22ClN3/c1-11-6-15(13(7-16)8-17-11)19-10-14-4-3-5-18(14)9-12(19)2/h6,8,12,14H,3-5,7,9-10H2,1-2H3. The van der Waals surface area contributed by atoms with Crippen molar-refractivity contribution in [2.75, 3.05) is 24.5 Å². The van der Waals surface area contributed by atoms with Crippen molar-refractivity contribution in [3.05, 3.63) is 23.5 Å². The lowest BCUT2D eigenvalue weighted by atomic mass is 10.1. The van der Waals surface area contributed by atoms with Gasteiger partial charge >= 0.3 is 0 Å². The van der Waals surface area contributed by atoms with Gasteiger partial charge in [0.2, 0.25) is 0 Å². The molecule has 0 amide bonds. The summed E-state index contributed by atoms with van der Waals surface area (Å²) in [6, 6.07) is 3.48. The number of rotatable bonds is 2. The minimum Gasteiger partial charge on any atom is -0.366 e. The van der Waals surface area contributed by atoms with Crippen LogP contribution in [-0.2, 0) is 5.88 Å². The maximum atomic E-state index is 6.09. The Morgan fingerprint density at radius 2 is 2.26 bits per heavy atom. The first-order chi connectivity index (χ1) is 9.19. The summed E-state index contributed by atoms with van der Waals surface area (Å²) in [4.78, 5) is 9.56. The van der Waals surface area contributed by atoms with Gasteiger partial charge in [-0.05, 0) is 39.3 Å². The predicted molar refractivity (Wildman–Crippen MR) is 79.9 cm³/mol. The van der Waals surface area contributed by atoms with E-state index in [1.807, 2.05) is 6.20 Å². The van der Waals surface area contributed by atoms with E-state index in [1.165, 1.54) is 31.6 Å². The first kappa shape index (κ1) is 13.2. The monoisotopic (exact) mass is 279 g/mol. The van der Waals surface area contributed by atoms with Crippen LogP contribution in [-0.4, -0.2) is 41.6 Å². The van der Waals surface area contributed by atoms with Gasteiger partial charge in [-0.1, -0.05) is 0 Å². The van der Waals surface area contributed by atoms with Crippen LogP contribution in [0.4, 0.5) is 5.69 Å². The molecule has 3 nitrogen and oxygen atoms in total. The highest BCUT2D eigenvalue weighted by molar-refractivity contribution is 6.17. The van der Waals surface area contributed by atoms with E-state index in [1.54, 1.807) is 0 Å². The summed E-state index contributed by atoms with van der Waals surface area (Å²) in [5.41, 5.74) is 3.53. The highest BCUT2D eigenvalue weighted by Gasteiger charge is 2.35. The molecule has 0 aliphatic carbocycles. The Bertz CT molecular complexity index is 463. The van der Waals surface area contributed by atoms with E-state index < -0.39 is 0 Å². The first-order valence-electron chi connectivity index (χ1n) is 7.21. The second-order valence-corrected chi connectivity index (χ2v) is 6.15. The molecule has 0 N–H and O–H groups in total.